The fraction of sp³-hybridized carbons (Fsp3) is 0.929. The number of hydrogen-bond acceptors (Lipinski definition) is 2. The van der Waals surface area contributed by atoms with Crippen LogP contribution >= 0.6 is 0 Å². The van der Waals surface area contributed by atoms with Crippen LogP contribution in [0.15, 0.2) is 0 Å². The molecule has 0 radical (unpaired) electrons. The van der Waals surface area contributed by atoms with Crippen LogP contribution in [0.3, 0.4) is 0 Å². The Morgan fingerprint density at radius 1 is 1.06 bits per heavy atom. The van der Waals surface area contributed by atoms with Gasteiger partial charge in [0.25, 0.3) is 0 Å². The molecule has 0 aromatic rings. The van der Waals surface area contributed by atoms with Crippen LogP contribution in [0.5, 0.6) is 0 Å². The minimum atomic E-state index is 0.0416. The summed E-state index contributed by atoms with van der Waals surface area (Å²) in [6, 6.07) is 0. The molecule has 4 aliphatic rings. The van der Waals surface area contributed by atoms with Crippen molar-refractivity contribution in [3.8, 4) is 0 Å². The van der Waals surface area contributed by atoms with E-state index < -0.39 is 0 Å². The van der Waals surface area contributed by atoms with Gasteiger partial charge < -0.3 is 4.74 Å². The Hall–Kier alpha value is -0.530. The van der Waals surface area contributed by atoms with E-state index in [0.29, 0.717) is 18.3 Å². The van der Waals surface area contributed by atoms with Crippen LogP contribution in [0.4, 0.5) is 0 Å². The highest BCUT2D eigenvalue weighted by Gasteiger charge is 2.49. The Morgan fingerprint density at radius 2 is 1.62 bits per heavy atom. The van der Waals surface area contributed by atoms with E-state index >= 15 is 0 Å². The summed E-state index contributed by atoms with van der Waals surface area (Å²) < 4.78 is 5.73. The second kappa shape index (κ2) is 4.05. The second-order valence-electron chi connectivity index (χ2n) is 6.14. The zero-order valence-corrected chi connectivity index (χ0v) is 10.2. The average Bonchev–Trinajstić information content (AvgIpc) is 2.23. The van der Waals surface area contributed by atoms with E-state index in [4.69, 9.17) is 4.74 Å². The molecule has 4 bridgehead atoms. The van der Waals surface area contributed by atoms with Gasteiger partial charge in [0.05, 0.1) is 0 Å². The molecule has 0 heterocycles. The molecule has 0 N–H and O–H groups in total. The first-order valence-corrected chi connectivity index (χ1v) is 6.95. The highest BCUT2D eigenvalue weighted by molar-refractivity contribution is 5.69. The predicted molar refractivity (Wildman–Crippen MR) is 61.8 cm³/mol. The first kappa shape index (κ1) is 10.6. The van der Waals surface area contributed by atoms with Crippen LogP contribution in [0.2, 0.25) is 0 Å². The molecule has 0 saturated heterocycles. The van der Waals surface area contributed by atoms with E-state index in [1.54, 1.807) is 0 Å². The van der Waals surface area contributed by atoms with E-state index in [0.717, 1.165) is 18.3 Å². The van der Waals surface area contributed by atoms with Gasteiger partial charge >= 0.3 is 5.97 Å². The summed E-state index contributed by atoms with van der Waals surface area (Å²) in [7, 11) is 0. The van der Waals surface area contributed by atoms with Crippen molar-refractivity contribution in [3.63, 3.8) is 0 Å². The molecule has 4 fully saturated rings. The number of hydrogen-bond donors (Lipinski definition) is 0. The summed E-state index contributed by atoms with van der Waals surface area (Å²) in [5.41, 5.74) is 0. The number of rotatable bonds is 3. The van der Waals surface area contributed by atoms with E-state index in [1.807, 2.05) is 6.92 Å². The zero-order valence-electron chi connectivity index (χ0n) is 10.2. The number of carbonyl (C=O) groups is 1. The third kappa shape index (κ3) is 1.76. The Kier molecular flexibility index (Phi) is 2.68. The molecule has 2 heteroatoms. The summed E-state index contributed by atoms with van der Waals surface area (Å²) >= 11 is 0. The maximum absolute atomic E-state index is 11.6. The van der Waals surface area contributed by atoms with E-state index in [2.05, 4.69) is 0 Å². The lowest BCUT2D eigenvalue weighted by Crippen LogP contribution is -2.50. The summed E-state index contributed by atoms with van der Waals surface area (Å²) in [6.45, 7) is 2.04. The van der Waals surface area contributed by atoms with Crippen LogP contribution < -0.4 is 0 Å². The minimum Gasteiger partial charge on any atom is -0.462 e. The standard InChI is InChI=1S/C14H22O2/c1-2-3-13(15)16-14-11-5-9-4-10(7-11)8-12(14)6-9/h9-12,14H,2-8H2,1H3. The summed E-state index contributed by atoms with van der Waals surface area (Å²) in [5.74, 6) is 3.38. The van der Waals surface area contributed by atoms with Gasteiger partial charge in [-0.05, 0) is 62.2 Å². The highest BCUT2D eigenvalue weighted by atomic mass is 16.5. The van der Waals surface area contributed by atoms with E-state index in [1.165, 1.54) is 32.1 Å². The molecule has 4 rings (SSSR count). The van der Waals surface area contributed by atoms with Gasteiger partial charge in [0, 0.05) is 6.42 Å². The summed E-state index contributed by atoms with van der Waals surface area (Å²) in [4.78, 5) is 11.6. The molecule has 16 heavy (non-hydrogen) atoms. The lowest BCUT2D eigenvalue weighted by atomic mass is 9.55. The molecule has 0 aromatic carbocycles. The molecule has 0 unspecified atom stereocenters. The third-order valence-electron chi connectivity index (χ3n) is 4.86. The van der Waals surface area contributed by atoms with Crippen molar-refractivity contribution in [2.24, 2.45) is 23.7 Å². The first-order valence-electron chi connectivity index (χ1n) is 6.95. The van der Waals surface area contributed by atoms with Gasteiger partial charge in [-0.3, -0.25) is 4.79 Å². The molecular formula is C14H22O2. The fourth-order valence-electron chi connectivity index (χ4n) is 4.48. The summed E-state index contributed by atoms with van der Waals surface area (Å²) in [6.07, 6.45) is 8.58. The molecule has 4 saturated carbocycles. The zero-order chi connectivity index (χ0) is 11.1. The maximum atomic E-state index is 11.6. The Morgan fingerprint density at radius 3 is 2.12 bits per heavy atom. The van der Waals surface area contributed by atoms with Crippen LogP contribution in [0.1, 0.15) is 51.9 Å². The molecule has 0 atom stereocenters. The Labute approximate surface area is 97.7 Å². The van der Waals surface area contributed by atoms with Gasteiger partial charge in [0.15, 0.2) is 0 Å². The molecule has 0 aliphatic heterocycles. The highest BCUT2D eigenvalue weighted by Crippen LogP contribution is 2.54. The third-order valence-corrected chi connectivity index (χ3v) is 4.86. The quantitative estimate of drug-likeness (QED) is 0.686. The molecule has 0 amide bonds. The first-order chi connectivity index (χ1) is 7.76. The van der Waals surface area contributed by atoms with Gasteiger partial charge in [0.2, 0.25) is 0 Å². The van der Waals surface area contributed by atoms with Crippen molar-refractivity contribution in [1.82, 2.24) is 0 Å². The predicted octanol–water partition coefficient (Wildman–Crippen LogP) is 3.15. The van der Waals surface area contributed by atoms with Gasteiger partial charge in [-0.1, -0.05) is 6.92 Å². The minimum absolute atomic E-state index is 0.0416. The van der Waals surface area contributed by atoms with Gasteiger partial charge in [-0.25, -0.2) is 0 Å². The molecule has 0 spiro atoms. The SMILES string of the molecule is CCCC(=O)OC1C2CC3CC(C2)CC1C3. The van der Waals surface area contributed by atoms with Crippen LogP contribution in [0.25, 0.3) is 0 Å². The lowest BCUT2D eigenvalue weighted by Gasteiger charge is -2.53. The number of carbonyl (C=O) groups excluding carboxylic acids is 1. The normalized spacial score (nSPS) is 44.7. The van der Waals surface area contributed by atoms with Crippen LogP contribution in [-0.2, 0) is 9.53 Å². The number of esters is 1. The Balaban J connectivity index is 1.65. The molecule has 90 valence electrons. The van der Waals surface area contributed by atoms with Crippen LogP contribution in [-0.4, -0.2) is 12.1 Å². The van der Waals surface area contributed by atoms with Crippen molar-refractivity contribution in [1.29, 1.82) is 0 Å². The van der Waals surface area contributed by atoms with Crippen molar-refractivity contribution >= 4 is 5.97 Å². The van der Waals surface area contributed by atoms with Crippen molar-refractivity contribution < 1.29 is 9.53 Å². The lowest BCUT2D eigenvalue weighted by molar-refractivity contribution is -0.170. The molecular weight excluding hydrogens is 200 g/mol. The molecule has 0 aromatic heterocycles. The van der Waals surface area contributed by atoms with Crippen LogP contribution in [0, 0.1) is 23.7 Å². The smallest absolute Gasteiger partial charge is 0.306 e. The number of ether oxygens (including phenoxy) is 1. The maximum Gasteiger partial charge on any atom is 0.306 e. The largest absolute Gasteiger partial charge is 0.462 e. The Bertz CT molecular complexity index is 256. The fourth-order valence-corrected chi connectivity index (χ4v) is 4.48. The molecule has 4 aliphatic carbocycles. The molecule has 2 nitrogen and oxygen atoms in total. The van der Waals surface area contributed by atoms with E-state index in [9.17, 15) is 4.79 Å². The second-order valence-corrected chi connectivity index (χ2v) is 6.14. The van der Waals surface area contributed by atoms with Crippen molar-refractivity contribution in [2.45, 2.75) is 58.0 Å². The van der Waals surface area contributed by atoms with E-state index in [-0.39, 0.29) is 12.1 Å². The van der Waals surface area contributed by atoms with Crippen molar-refractivity contribution in [2.75, 3.05) is 0 Å². The van der Waals surface area contributed by atoms with Gasteiger partial charge in [-0.2, -0.15) is 0 Å². The summed E-state index contributed by atoms with van der Waals surface area (Å²) in [5, 5.41) is 0. The topological polar surface area (TPSA) is 26.3 Å². The monoisotopic (exact) mass is 222 g/mol. The van der Waals surface area contributed by atoms with Crippen molar-refractivity contribution in [3.05, 3.63) is 0 Å². The average molecular weight is 222 g/mol. The van der Waals surface area contributed by atoms with Gasteiger partial charge in [0.1, 0.15) is 6.10 Å². The van der Waals surface area contributed by atoms with Gasteiger partial charge in [-0.15, -0.1) is 0 Å².